The van der Waals surface area contributed by atoms with Gasteiger partial charge in [-0.05, 0) is 53.8 Å². The fourth-order valence-electron chi connectivity index (χ4n) is 4.35. The molecule has 1 heterocycles. The number of carbonyl (C=O) groups is 2. The number of anilines is 2. The van der Waals surface area contributed by atoms with Crippen LogP contribution in [0.15, 0.2) is 60.7 Å². The molecule has 0 radical (unpaired) electrons. The summed E-state index contributed by atoms with van der Waals surface area (Å²) in [6, 6.07) is 18.9. The molecule has 1 aliphatic heterocycles. The van der Waals surface area contributed by atoms with E-state index < -0.39 is 0 Å². The van der Waals surface area contributed by atoms with E-state index in [1.807, 2.05) is 18.2 Å². The Balaban J connectivity index is 1.63. The topological polar surface area (TPSA) is 79.9 Å². The molecule has 36 heavy (non-hydrogen) atoms. The summed E-state index contributed by atoms with van der Waals surface area (Å²) in [5.74, 6) is 0.841. The number of nitrogens with zero attached hydrogens (tertiary/aromatic N) is 1. The zero-order valence-electron chi connectivity index (χ0n) is 21.3. The highest BCUT2D eigenvalue weighted by molar-refractivity contribution is 6.08. The summed E-state index contributed by atoms with van der Waals surface area (Å²) >= 11 is 0. The summed E-state index contributed by atoms with van der Waals surface area (Å²) in [6.07, 6.45) is 0.916. The van der Waals surface area contributed by atoms with E-state index in [-0.39, 0.29) is 11.8 Å². The number of hydrogen-bond donors (Lipinski definition) is 2. The van der Waals surface area contributed by atoms with Crippen LogP contribution in [0.3, 0.4) is 0 Å². The maximum absolute atomic E-state index is 13.3. The average molecular weight is 488 g/mol. The van der Waals surface area contributed by atoms with Crippen LogP contribution in [-0.4, -0.2) is 39.1 Å². The van der Waals surface area contributed by atoms with Crippen molar-refractivity contribution in [3.05, 3.63) is 82.9 Å². The van der Waals surface area contributed by atoms with Crippen LogP contribution in [0.25, 0.3) is 0 Å². The zero-order valence-corrected chi connectivity index (χ0v) is 21.3. The Hall–Kier alpha value is -4.00. The first-order valence-corrected chi connectivity index (χ1v) is 12.2. The van der Waals surface area contributed by atoms with Gasteiger partial charge in [-0.15, -0.1) is 0 Å². The van der Waals surface area contributed by atoms with Gasteiger partial charge in [-0.3, -0.25) is 9.59 Å². The van der Waals surface area contributed by atoms with Crippen LogP contribution in [0, 0.1) is 5.92 Å². The van der Waals surface area contributed by atoms with E-state index in [1.165, 1.54) is 18.2 Å². The molecular formula is C29H33N3O4. The maximum Gasteiger partial charge on any atom is 0.259 e. The molecule has 7 nitrogen and oxygen atoms in total. The molecule has 3 aromatic rings. The zero-order chi connectivity index (χ0) is 25.7. The summed E-state index contributed by atoms with van der Waals surface area (Å²) < 4.78 is 10.6. The van der Waals surface area contributed by atoms with Crippen LogP contribution in [-0.2, 0) is 13.0 Å². The highest BCUT2D eigenvalue weighted by Gasteiger charge is 2.22. The van der Waals surface area contributed by atoms with Gasteiger partial charge in [0.25, 0.3) is 11.8 Å². The first-order chi connectivity index (χ1) is 17.4. The number of hydrogen-bond acceptors (Lipinski definition) is 5. The number of carbonyl (C=O) groups excluding carboxylic acids is 2. The van der Waals surface area contributed by atoms with Crippen LogP contribution >= 0.6 is 0 Å². The van der Waals surface area contributed by atoms with Crippen LogP contribution in [0.2, 0.25) is 0 Å². The van der Waals surface area contributed by atoms with Crippen molar-refractivity contribution >= 4 is 23.2 Å². The quantitative estimate of drug-likeness (QED) is 0.472. The average Bonchev–Trinajstić information content (AvgIpc) is 2.90. The number of amides is 2. The van der Waals surface area contributed by atoms with Crippen molar-refractivity contribution in [1.29, 1.82) is 0 Å². The molecule has 0 atom stereocenters. The predicted molar refractivity (Wildman–Crippen MR) is 142 cm³/mol. The Kier molecular flexibility index (Phi) is 7.78. The summed E-state index contributed by atoms with van der Waals surface area (Å²) in [5.41, 5.74) is 4.91. The summed E-state index contributed by atoms with van der Waals surface area (Å²) in [6.45, 7) is 6.23. The Labute approximate surface area is 212 Å². The fraction of sp³-hybridized carbons (Fsp3) is 0.310. The third-order valence-electron chi connectivity index (χ3n) is 6.29. The number of nitrogens with one attached hydrogen (secondary N) is 2. The van der Waals surface area contributed by atoms with Crippen molar-refractivity contribution in [1.82, 2.24) is 5.32 Å². The molecule has 188 valence electrons. The molecule has 0 spiro atoms. The number of benzene rings is 3. The van der Waals surface area contributed by atoms with Gasteiger partial charge in [-0.2, -0.15) is 0 Å². The lowest BCUT2D eigenvalue weighted by Crippen LogP contribution is -2.34. The van der Waals surface area contributed by atoms with Gasteiger partial charge in [0.2, 0.25) is 0 Å². The van der Waals surface area contributed by atoms with E-state index in [4.69, 9.17) is 9.47 Å². The van der Waals surface area contributed by atoms with Crippen molar-refractivity contribution < 1.29 is 19.1 Å². The fourth-order valence-corrected chi connectivity index (χ4v) is 4.35. The van der Waals surface area contributed by atoms with Crippen molar-refractivity contribution in [3.8, 4) is 11.5 Å². The first-order valence-electron chi connectivity index (χ1n) is 12.2. The van der Waals surface area contributed by atoms with Crippen molar-refractivity contribution in [2.45, 2.75) is 26.8 Å². The molecule has 0 bridgehead atoms. The van der Waals surface area contributed by atoms with Crippen molar-refractivity contribution in [2.24, 2.45) is 5.92 Å². The van der Waals surface area contributed by atoms with Gasteiger partial charge in [-0.1, -0.05) is 38.1 Å². The van der Waals surface area contributed by atoms with Gasteiger partial charge in [0.05, 0.1) is 25.3 Å². The SMILES string of the molecule is COc1ccc(C(=O)Nc2ccc(N3CCc4ccccc4C3)c(C(=O)NCC(C)C)c2)c(OC)c1. The van der Waals surface area contributed by atoms with E-state index in [1.54, 1.807) is 31.4 Å². The second-order valence-corrected chi connectivity index (χ2v) is 9.30. The minimum Gasteiger partial charge on any atom is -0.497 e. The van der Waals surface area contributed by atoms with Gasteiger partial charge in [-0.25, -0.2) is 0 Å². The molecule has 1 aliphatic rings. The smallest absolute Gasteiger partial charge is 0.259 e. The third kappa shape index (κ3) is 5.62. The van der Waals surface area contributed by atoms with Crippen LogP contribution < -0.4 is 25.0 Å². The lowest BCUT2D eigenvalue weighted by atomic mass is 9.98. The molecule has 2 N–H and O–H groups in total. The number of ether oxygens (including phenoxy) is 2. The molecule has 0 saturated heterocycles. The predicted octanol–water partition coefficient (Wildman–Crippen LogP) is 4.90. The maximum atomic E-state index is 13.3. The number of rotatable bonds is 8. The van der Waals surface area contributed by atoms with Crippen molar-refractivity contribution in [2.75, 3.05) is 37.5 Å². The van der Waals surface area contributed by atoms with Gasteiger partial charge >= 0.3 is 0 Å². The third-order valence-corrected chi connectivity index (χ3v) is 6.29. The van der Waals surface area contributed by atoms with E-state index in [0.717, 1.165) is 25.2 Å². The van der Waals surface area contributed by atoms with E-state index in [0.29, 0.717) is 40.8 Å². The second-order valence-electron chi connectivity index (χ2n) is 9.30. The highest BCUT2D eigenvalue weighted by Crippen LogP contribution is 2.31. The Morgan fingerprint density at radius 2 is 1.69 bits per heavy atom. The summed E-state index contributed by atoms with van der Waals surface area (Å²) in [7, 11) is 3.07. The van der Waals surface area contributed by atoms with E-state index in [2.05, 4.69) is 47.6 Å². The molecule has 0 aliphatic carbocycles. The summed E-state index contributed by atoms with van der Waals surface area (Å²) in [4.78, 5) is 28.6. The Morgan fingerprint density at radius 3 is 2.42 bits per heavy atom. The van der Waals surface area contributed by atoms with Gasteiger partial charge in [0.15, 0.2) is 0 Å². The molecule has 3 aromatic carbocycles. The summed E-state index contributed by atoms with van der Waals surface area (Å²) in [5, 5.41) is 5.95. The largest absolute Gasteiger partial charge is 0.497 e. The molecule has 0 aromatic heterocycles. The minimum absolute atomic E-state index is 0.157. The first kappa shape index (κ1) is 25.1. The Bertz CT molecular complexity index is 1260. The molecule has 0 saturated carbocycles. The second kappa shape index (κ2) is 11.2. The standard InChI is InChI=1S/C29H33N3O4/c1-19(2)17-30-28(33)25-15-22(31-29(34)24-11-10-23(35-3)16-27(24)36-4)9-12-26(25)32-14-13-20-7-5-6-8-21(20)18-32/h5-12,15-16,19H,13-14,17-18H2,1-4H3,(H,30,33)(H,31,34). The van der Waals surface area contributed by atoms with Gasteiger partial charge in [0, 0.05) is 37.1 Å². The molecule has 7 heteroatoms. The van der Waals surface area contributed by atoms with Crippen LogP contribution in [0.5, 0.6) is 11.5 Å². The number of fused-ring (bicyclic) bond motifs is 1. The highest BCUT2D eigenvalue weighted by atomic mass is 16.5. The van der Waals surface area contributed by atoms with E-state index >= 15 is 0 Å². The lowest BCUT2D eigenvalue weighted by Gasteiger charge is -2.32. The van der Waals surface area contributed by atoms with Crippen LogP contribution in [0.1, 0.15) is 45.7 Å². The lowest BCUT2D eigenvalue weighted by molar-refractivity contribution is 0.0948. The number of methoxy groups -OCH3 is 2. The molecule has 2 amide bonds. The molecule has 0 fully saturated rings. The van der Waals surface area contributed by atoms with Gasteiger partial charge < -0.3 is 25.0 Å². The van der Waals surface area contributed by atoms with E-state index in [9.17, 15) is 9.59 Å². The molecular weight excluding hydrogens is 454 g/mol. The minimum atomic E-state index is -0.331. The normalized spacial score (nSPS) is 12.6. The molecule has 0 unspecified atom stereocenters. The molecule has 4 rings (SSSR count). The van der Waals surface area contributed by atoms with Crippen molar-refractivity contribution in [3.63, 3.8) is 0 Å². The Morgan fingerprint density at radius 1 is 0.917 bits per heavy atom. The van der Waals surface area contributed by atoms with Crippen LogP contribution in [0.4, 0.5) is 11.4 Å². The van der Waals surface area contributed by atoms with Gasteiger partial charge in [0.1, 0.15) is 11.5 Å². The monoisotopic (exact) mass is 487 g/mol.